The van der Waals surface area contributed by atoms with E-state index in [1.807, 2.05) is 0 Å². The number of carbonyl (C=O) groups excluding carboxylic acids is 1. The molecule has 1 aliphatic heterocycles. The Morgan fingerprint density at radius 2 is 2.00 bits per heavy atom. The maximum Gasteiger partial charge on any atom is 0.311 e. The number of hydrogen-bond acceptors (Lipinski definition) is 3. The first-order valence-corrected chi connectivity index (χ1v) is 7.70. The highest BCUT2D eigenvalue weighted by Gasteiger charge is 2.39. The van der Waals surface area contributed by atoms with Gasteiger partial charge in [0.15, 0.2) is 0 Å². The van der Waals surface area contributed by atoms with Crippen LogP contribution in [0.3, 0.4) is 0 Å². The van der Waals surface area contributed by atoms with Gasteiger partial charge >= 0.3 is 5.97 Å². The topological polar surface area (TPSA) is 75.6 Å². The van der Waals surface area contributed by atoms with Crippen molar-refractivity contribution in [1.29, 1.82) is 0 Å². The molecule has 1 heterocycles. The Morgan fingerprint density at radius 1 is 1.25 bits per heavy atom. The minimum atomic E-state index is -0.762. The monoisotopic (exact) mass is 283 g/mol. The first-order chi connectivity index (χ1) is 9.62. The fraction of sp³-hybridized carbons (Fsp3) is 0.867. The molecule has 2 N–H and O–H groups in total. The van der Waals surface area contributed by atoms with Gasteiger partial charge in [0, 0.05) is 26.2 Å². The average Bonchev–Trinajstić information content (AvgIpc) is 2.97. The van der Waals surface area contributed by atoms with Crippen molar-refractivity contribution in [3.05, 3.63) is 0 Å². The molecular formula is C15H25NO4. The van der Waals surface area contributed by atoms with Gasteiger partial charge in [-0.05, 0) is 31.6 Å². The molecule has 0 aromatic rings. The first-order valence-electron chi connectivity index (χ1n) is 7.70. The number of carboxylic acids is 1. The summed E-state index contributed by atoms with van der Waals surface area (Å²) in [5.41, 5.74) is -0.732. The number of nitrogens with one attached hydrogen (secondary N) is 1. The van der Waals surface area contributed by atoms with Crippen molar-refractivity contribution >= 4 is 11.9 Å². The van der Waals surface area contributed by atoms with E-state index in [4.69, 9.17) is 4.74 Å². The molecule has 2 aliphatic rings. The number of carboxylic acid groups (broad SMARTS) is 1. The van der Waals surface area contributed by atoms with Gasteiger partial charge in [-0.15, -0.1) is 0 Å². The summed E-state index contributed by atoms with van der Waals surface area (Å²) in [4.78, 5) is 23.4. The molecule has 2 rings (SSSR count). The van der Waals surface area contributed by atoms with Gasteiger partial charge in [-0.2, -0.15) is 0 Å². The molecule has 1 aliphatic carbocycles. The predicted molar refractivity (Wildman–Crippen MR) is 74.3 cm³/mol. The molecule has 0 bridgehead atoms. The van der Waals surface area contributed by atoms with Crippen molar-refractivity contribution in [2.45, 2.75) is 51.4 Å². The molecule has 0 aromatic carbocycles. The van der Waals surface area contributed by atoms with Crippen molar-refractivity contribution in [3.63, 3.8) is 0 Å². The van der Waals surface area contributed by atoms with E-state index in [1.165, 1.54) is 0 Å². The summed E-state index contributed by atoms with van der Waals surface area (Å²) in [7, 11) is 0. The Morgan fingerprint density at radius 3 is 2.60 bits per heavy atom. The Kier molecular flexibility index (Phi) is 5.40. The first kappa shape index (κ1) is 15.3. The lowest BCUT2D eigenvalue weighted by atomic mass is 9.74. The maximum atomic E-state index is 11.9. The van der Waals surface area contributed by atoms with Crippen LogP contribution in [0.5, 0.6) is 0 Å². The Bertz CT molecular complexity index is 344. The maximum absolute atomic E-state index is 11.9. The highest BCUT2D eigenvalue weighted by atomic mass is 16.5. The molecule has 114 valence electrons. The largest absolute Gasteiger partial charge is 0.481 e. The zero-order valence-electron chi connectivity index (χ0n) is 12.0. The average molecular weight is 283 g/mol. The zero-order valence-corrected chi connectivity index (χ0v) is 12.0. The molecule has 0 aromatic heterocycles. The minimum Gasteiger partial charge on any atom is -0.481 e. The second-order valence-corrected chi connectivity index (χ2v) is 6.19. The Hall–Kier alpha value is -1.10. The SMILES string of the molecule is O=C(CCC1CCOC1)NCC1(C(=O)O)CCCCC1. The van der Waals surface area contributed by atoms with Crippen LogP contribution >= 0.6 is 0 Å². The number of carbonyl (C=O) groups is 2. The van der Waals surface area contributed by atoms with Gasteiger partial charge in [0.2, 0.25) is 5.91 Å². The van der Waals surface area contributed by atoms with Crippen molar-refractivity contribution in [3.8, 4) is 0 Å². The molecule has 2 fully saturated rings. The highest BCUT2D eigenvalue weighted by molar-refractivity contribution is 5.79. The van der Waals surface area contributed by atoms with E-state index in [0.717, 1.165) is 45.3 Å². The normalized spacial score (nSPS) is 25.3. The standard InChI is InChI=1S/C15H25NO4/c17-13(5-4-12-6-9-20-10-12)16-11-15(14(18)19)7-2-1-3-8-15/h12H,1-11H2,(H,16,17)(H,18,19). The molecule has 1 unspecified atom stereocenters. The number of hydrogen-bond donors (Lipinski definition) is 2. The van der Waals surface area contributed by atoms with E-state index in [0.29, 0.717) is 25.2 Å². The lowest BCUT2D eigenvalue weighted by molar-refractivity contribution is -0.151. The summed E-state index contributed by atoms with van der Waals surface area (Å²) in [6.45, 7) is 1.84. The van der Waals surface area contributed by atoms with Gasteiger partial charge < -0.3 is 15.2 Å². The highest BCUT2D eigenvalue weighted by Crippen LogP contribution is 2.36. The number of ether oxygens (including phenoxy) is 1. The predicted octanol–water partition coefficient (Wildman–Crippen LogP) is 1.95. The van der Waals surface area contributed by atoms with Gasteiger partial charge in [0.25, 0.3) is 0 Å². The molecule has 1 saturated carbocycles. The quantitative estimate of drug-likeness (QED) is 0.781. The number of aliphatic carboxylic acids is 1. The zero-order chi connectivity index (χ0) is 14.4. The van der Waals surface area contributed by atoms with Gasteiger partial charge in [-0.3, -0.25) is 9.59 Å². The van der Waals surface area contributed by atoms with E-state index in [1.54, 1.807) is 0 Å². The molecule has 1 atom stereocenters. The molecular weight excluding hydrogens is 258 g/mol. The smallest absolute Gasteiger partial charge is 0.311 e. The van der Waals surface area contributed by atoms with Crippen molar-refractivity contribution in [2.75, 3.05) is 19.8 Å². The lowest BCUT2D eigenvalue weighted by Crippen LogP contribution is -2.44. The van der Waals surface area contributed by atoms with Crippen molar-refractivity contribution in [2.24, 2.45) is 11.3 Å². The van der Waals surface area contributed by atoms with Crippen LogP contribution in [0.4, 0.5) is 0 Å². The van der Waals surface area contributed by atoms with E-state index in [2.05, 4.69) is 5.32 Å². The van der Waals surface area contributed by atoms with Gasteiger partial charge in [-0.1, -0.05) is 19.3 Å². The van der Waals surface area contributed by atoms with E-state index in [-0.39, 0.29) is 12.5 Å². The van der Waals surface area contributed by atoms with Crippen LogP contribution in [0.2, 0.25) is 0 Å². The molecule has 5 heteroatoms. The lowest BCUT2D eigenvalue weighted by Gasteiger charge is -2.33. The Labute approximate surface area is 120 Å². The third-order valence-electron chi connectivity index (χ3n) is 4.69. The van der Waals surface area contributed by atoms with Crippen molar-refractivity contribution in [1.82, 2.24) is 5.32 Å². The number of amides is 1. The summed E-state index contributed by atoms with van der Waals surface area (Å²) in [6.07, 6.45) is 6.70. The summed E-state index contributed by atoms with van der Waals surface area (Å²) in [5.74, 6) is -0.298. The van der Waals surface area contributed by atoms with Crippen LogP contribution in [-0.4, -0.2) is 36.7 Å². The fourth-order valence-corrected chi connectivity index (χ4v) is 3.20. The van der Waals surface area contributed by atoms with Gasteiger partial charge in [-0.25, -0.2) is 0 Å². The Balaban J connectivity index is 1.74. The summed E-state index contributed by atoms with van der Waals surface area (Å²) < 4.78 is 5.28. The van der Waals surface area contributed by atoms with Crippen LogP contribution in [0.25, 0.3) is 0 Å². The molecule has 5 nitrogen and oxygen atoms in total. The molecule has 1 saturated heterocycles. The van der Waals surface area contributed by atoms with Crippen LogP contribution < -0.4 is 5.32 Å². The van der Waals surface area contributed by atoms with E-state index >= 15 is 0 Å². The second-order valence-electron chi connectivity index (χ2n) is 6.19. The van der Waals surface area contributed by atoms with E-state index in [9.17, 15) is 14.7 Å². The molecule has 20 heavy (non-hydrogen) atoms. The summed E-state index contributed by atoms with van der Waals surface area (Å²) in [5, 5.41) is 12.3. The molecule has 0 radical (unpaired) electrons. The van der Waals surface area contributed by atoms with Crippen molar-refractivity contribution < 1.29 is 19.4 Å². The van der Waals surface area contributed by atoms with Gasteiger partial charge in [0.1, 0.15) is 0 Å². The number of rotatable bonds is 6. The van der Waals surface area contributed by atoms with Crippen LogP contribution in [-0.2, 0) is 14.3 Å². The third-order valence-corrected chi connectivity index (χ3v) is 4.69. The van der Waals surface area contributed by atoms with Crippen LogP contribution in [0.1, 0.15) is 51.4 Å². The molecule has 0 spiro atoms. The minimum absolute atomic E-state index is 0.0249. The van der Waals surface area contributed by atoms with Crippen LogP contribution in [0, 0.1) is 11.3 Å². The van der Waals surface area contributed by atoms with Crippen LogP contribution in [0.15, 0.2) is 0 Å². The van der Waals surface area contributed by atoms with Gasteiger partial charge in [0.05, 0.1) is 5.41 Å². The van der Waals surface area contributed by atoms with E-state index < -0.39 is 11.4 Å². The fourth-order valence-electron chi connectivity index (χ4n) is 3.20. The summed E-state index contributed by atoms with van der Waals surface area (Å²) in [6, 6.07) is 0. The molecule has 1 amide bonds. The summed E-state index contributed by atoms with van der Waals surface area (Å²) >= 11 is 0. The second kappa shape index (κ2) is 7.07. The third kappa shape index (κ3) is 3.95.